The lowest BCUT2D eigenvalue weighted by molar-refractivity contribution is -0.137. The molecule has 0 heterocycles. The van der Waals surface area contributed by atoms with Crippen LogP contribution in [0.2, 0.25) is 0 Å². The number of rotatable bonds is 6. The fourth-order valence-corrected chi connectivity index (χ4v) is 1.49. The zero-order valence-corrected chi connectivity index (χ0v) is 10.6. The van der Waals surface area contributed by atoms with Gasteiger partial charge in [0.1, 0.15) is 0 Å². The van der Waals surface area contributed by atoms with Crippen molar-refractivity contribution in [1.29, 1.82) is 0 Å². The van der Waals surface area contributed by atoms with Crippen LogP contribution >= 0.6 is 0 Å². The fraction of sp³-hybridized carbons (Fsp3) is 0.538. The number of halogens is 3. The van der Waals surface area contributed by atoms with E-state index in [1.807, 2.05) is 0 Å². The van der Waals surface area contributed by atoms with Crippen LogP contribution in [0.4, 0.5) is 13.2 Å². The van der Waals surface area contributed by atoms with Gasteiger partial charge in [0.15, 0.2) is 0 Å². The zero-order valence-electron chi connectivity index (χ0n) is 10.6. The number of benzene rings is 1. The largest absolute Gasteiger partial charge is 0.416 e. The van der Waals surface area contributed by atoms with Crippen molar-refractivity contribution in [3.05, 3.63) is 35.4 Å². The Labute approximate surface area is 106 Å². The first kappa shape index (κ1) is 15.0. The van der Waals surface area contributed by atoms with Crippen molar-refractivity contribution < 1.29 is 13.2 Å². The molecule has 0 aromatic heterocycles. The molecule has 0 aliphatic rings. The second-order valence-electron chi connectivity index (χ2n) is 4.48. The summed E-state index contributed by atoms with van der Waals surface area (Å²) in [6, 6.07) is 5.68. The molecule has 0 bridgehead atoms. The van der Waals surface area contributed by atoms with Crippen molar-refractivity contribution in [3.8, 4) is 0 Å². The number of hydrogen-bond acceptors (Lipinski definition) is 2. The van der Waals surface area contributed by atoms with Crippen LogP contribution in [0.15, 0.2) is 24.3 Å². The molecule has 0 aliphatic carbocycles. The van der Waals surface area contributed by atoms with Gasteiger partial charge in [-0.15, -0.1) is 0 Å². The van der Waals surface area contributed by atoms with Crippen LogP contribution in [0.3, 0.4) is 0 Å². The van der Waals surface area contributed by atoms with Gasteiger partial charge in [-0.1, -0.05) is 26.0 Å². The molecular formula is C13H19F3N2. The standard InChI is InChI=1S/C13H19F3N2/c1-10(2)18-8-7-17-9-11-3-5-12(6-4-11)13(14,15)16/h3-6,10,17-18H,7-9H2,1-2H3. The third-order valence-electron chi connectivity index (χ3n) is 2.46. The van der Waals surface area contributed by atoms with Crippen LogP contribution in [0.5, 0.6) is 0 Å². The Hall–Kier alpha value is -1.07. The van der Waals surface area contributed by atoms with Gasteiger partial charge in [0.2, 0.25) is 0 Å². The summed E-state index contributed by atoms with van der Waals surface area (Å²) < 4.78 is 37.0. The van der Waals surface area contributed by atoms with Gasteiger partial charge < -0.3 is 10.6 Å². The van der Waals surface area contributed by atoms with E-state index in [1.54, 1.807) is 0 Å². The highest BCUT2D eigenvalue weighted by molar-refractivity contribution is 5.24. The minimum absolute atomic E-state index is 0.442. The highest BCUT2D eigenvalue weighted by atomic mass is 19.4. The van der Waals surface area contributed by atoms with E-state index in [4.69, 9.17) is 0 Å². The third-order valence-corrected chi connectivity index (χ3v) is 2.46. The highest BCUT2D eigenvalue weighted by Gasteiger charge is 2.29. The van der Waals surface area contributed by atoms with E-state index in [-0.39, 0.29) is 0 Å². The monoisotopic (exact) mass is 260 g/mol. The summed E-state index contributed by atoms with van der Waals surface area (Å²) in [7, 11) is 0. The summed E-state index contributed by atoms with van der Waals surface area (Å²) in [5.41, 5.74) is 0.250. The first-order valence-electron chi connectivity index (χ1n) is 6.00. The fourth-order valence-electron chi connectivity index (χ4n) is 1.49. The molecule has 18 heavy (non-hydrogen) atoms. The zero-order chi connectivity index (χ0) is 13.6. The molecule has 0 amide bonds. The Balaban J connectivity index is 2.31. The van der Waals surface area contributed by atoms with Crippen LogP contribution in [0.25, 0.3) is 0 Å². The molecule has 0 fully saturated rings. The van der Waals surface area contributed by atoms with Gasteiger partial charge in [0.05, 0.1) is 5.56 Å². The SMILES string of the molecule is CC(C)NCCNCc1ccc(C(F)(F)F)cc1. The number of nitrogens with one attached hydrogen (secondary N) is 2. The van der Waals surface area contributed by atoms with Crippen molar-refractivity contribution in [2.75, 3.05) is 13.1 Å². The van der Waals surface area contributed by atoms with E-state index in [9.17, 15) is 13.2 Å². The van der Waals surface area contributed by atoms with Crippen LogP contribution < -0.4 is 10.6 Å². The first-order valence-corrected chi connectivity index (χ1v) is 6.00. The summed E-state index contributed by atoms with van der Waals surface area (Å²) in [6.45, 7) is 6.35. The van der Waals surface area contributed by atoms with Crippen molar-refractivity contribution in [3.63, 3.8) is 0 Å². The van der Waals surface area contributed by atoms with E-state index in [0.29, 0.717) is 12.6 Å². The van der Waals surface area contributed by atoms with Crippen LogP contribution in [0, 0.1) is 0 Å². The van der Waals surface area contributed by atoms with Gasteiger partial charge in [0, 0.05) is 25.7 Å². The predicted molar refractivity (Wildman–Crippen MR) is 66.3 cm³/mol. The molecule has 0 unspecified atom stereocenters. The lowest BCUT2D eigenvalue weighted by atomic mass is 10.1. The Kier molecular flexibility index (Phi) is 5.62. The molecule has 0 saturated heterocycles. The van der Waals surface area contributed by atoms with Crippen molar-refractivity contribution in [2.45, 2.75) is 32.6 Å². The minimum atomic E-state index is -4.26. The van der Waals surface area contributed by atoms with E-state index >= 15 is 0 Å². The molecule has 0 aliphatic heterocycles. The smallest absolute Gasteiger partial charge is 0.313 e. The van der Waals surface area contributed by atoms with Gasteiger partial charge >= 0.3 is 6.18 Å². The minimum Gasteiger partial charge on any atom is -0.313 e. The Bertz CT molecular complexity index is 344. The van der Waals surface area contributed by atoms with Crippen LogP contribution in [-0.4, -0.2) is 19.1 Å². The molecule has 0 spiro atoms. The normalized spacial score (nSPS) is 12.1. The molecule has 0 radical (unpaired) electrons. The van der Waals surface area contributed by atoms with E-state index in [2.05, 4.69) is 24.5 Å². The molecule has 1 aromatic carbocycles. The Morgan fingerprint density at radius 2 is 1.67 bits per heavy atom. The van der Waals surface area contributed by atoms with Gasteiger partial charge in [-0.25, -0.2) is 0 Å². The second-order valence-corrected chi connectivity index (χ2v) is 4.48. The summed E-state index contributed by atoms with van der Waals surface area (Å²) >= 11 is 0. The first-order chi connectivity index (χ1) is 8.39. The quantitative estimate of drug-likeness (QED) is 0.769. The second kappa shape index (κ2) is 6.75. The molecule has 5 heteroatoms. The van der Waals surface area contributed by atoms with Crippen molar-refractivity contribution in [2.24, 2.45) is 0 Å². The van der Waals surface area contributed by atoms with Gasteiger partial charge in [-0.2, -0.15) is 13.2 Å². The maximum atomic E-state index is 12.3. The van der Waals surface area contributed by atoms with E-state index < -0.39 is 11.7 Å². The summed E-state index contributed by atoms with van der Waals surface area (Å²) in [5, 5.41) is 6.42. The highest BCUT2D eigenvalue weighted by Crippen LogP contribution is 2.28. The lowest BCUT2D eigenvalue weighted by Crippen LogP contribution is -2.31. The topological polar surface area (TPSA) is 24.1 Å². The van der Waals surface area contributed by atoms with Crippen molar-refractivity contribution in [1.82, 2.24) is 10.6 Å². The van der Waals surface area contributed by atoms with Gasteiger partial charge in [-0.05, 0) is 17.7 Å². The Morgan fingerprint density at radius 3 is 2.17 bits per heavy atom. The Morgan fingerprint density at radius 1 is 1.06 bits per heavy atom. The summed E-state index contributed by atoms with van der Waals surface area (Å²) in [6.07, 6.45) is -4.26. The van der Waals surface area contributed by atoms with E-state index in [1.165, 1.54) is 12.1 Å². The summed E-state index contributed by atoms with van der Waals surface area (Å²) in [4.78, 5) is 0. The van der Waals surface area contributed by atoms with Crippen LogP contribution in [0.1, 0.15) is 25.0 Å². The molecule has 1 aromatic rings. The van der Waals surface area contributed by atoms with E-state index in [0.717, 1.165) is 30.8 Å². The molecule has 102 valence electrons. The van der Waals surface area contributed by atoms with Crippen molar-refractivity contribution >= 4 is 0 Å². The molecule has 2 N–H and O–H groups in total. The molecule has 0 atom stereocenters. The maximum Gasteiger partial charge on any atom is 0.416 e. The number of alkyl halides is 3. The average Bonchev–Trinajstić information content (AvgIpc) is 2.27. The predicted octanol–water partition coefficient (Wildman–Crippen LogP) is 2.79. The maximum absolute atomic E-state index is 12.3. The number of hydrogen-bond donors (Lipinski definition) is 2. The summed E-state index contributed by atoms with van der Waals surface area (Å²) in [5.74, 6) is 0. The molecular weight excluding hydrogens is 241 g/mol. The van der Waals surface area contributed by atoms with Crippen LogP contribution in [-0.2, 0) is 12.7 Å². The average molecular weight is 260 g/mol. The molecule has 2 nitrogen and oxygen atoms in total. The molecule has 0 saturated carbocycles. The molecule has 1 rings (SSSR count). The van der Waals surface area contributed by atoms with Gasteiger partial charge in [0.25, 0.3) is 0 Å². The van der Waals surface area contributed by atoms with Gasteiger partial charge in [-0.3, -0.25) is 0 Å². The third kappa shape index (κ3) is 5.51. The lowest BCUT2D eigenvalue weighted by Gasteiger charge is -2.10.